The zero-order valence-corrected chi connectivity index (χ0v) is 13.1. The van der Waals surface area contributed by atoms with Gasteiger partial charge in [-0.05, 0) is 23.8 Å². The van der Waals surface area contributed by atoms with Gasteiger partial charge in [0, 0.05) is 29.7 Å². The van der Waals surface area contributed by atoms with Gasteiger partial charge in [-0.2, -0.15) is 13.2 Å². The molecule has 3 aromatic rings. The predicted molar refractivity (Wildman–Crippen MR) is 89.8 cm³/mol. The first-order valence-corrected chi connectivity index (χ1v) is 7.74. The van der Waals surface area contributed by atoms with Crippen LogP contribution >= 0.6 is 0 Å². The van der Waals surface area contributed by atoms with Crippen molar-refractivity contribution < 1.29 is 13.2 Å². The number of fused-ring (bicyclic) bond motifs is 2. The molecule has 0 unspecified atom stereocenters. The molecule has 3 N–H and O–H groups in total. The summed E-state index contributed by atoms with van der Waals surface area (Å²) in [6.45, 7) is 0. The number of pyridine rings is 2. The molecule has 0 bridgehead atoms. The van der Waals surface area contributed by atoms with Crippen LogP contribution in [0.25, 0.3) is 0 Å². The van der Waals surface area contributed by atoms with Crippen molar-refractivity contribution in [2.24, 2.45) is 0 Å². The van der Waals surface area contributed by atoms with Crippen LogP contribution < -0.4 is 16.4 Å². The lowest BCUT2D eigenvalue weighted by Crippen LogP contribution is -2.30. The number of alkyl halides is 3. The van der Waals surface area contributed by atoms with Crippen molar-refractivity contribution in [2.75, 3.05) is 5.32 Å². The van der Waals surface area contributed by atoms with Crippen LogP contribution in [0.2, 0.25) is 0 Å². The Morgan fingerprint density at radius 3 is 1.88 bits per heavy atom. The van der Waals surface area contributed by atoms with Crippen molar-refractivity contribution in [1.82, 2.24) is 9.97 Å². The van der Waals surface area contributed by atoms with Gasteiger partial charge in [-0.15, -0.1) is 0 Å². The first kappa shape index (κ1) is 16.2. The number of benzene rings is 1. The molecule has 26 heavy (non-hydrogen) atoms. The Balaban J connectivity index is 2.11. The van der Waals surface area contributed by atoms with E-state index >= 15 is 0 Å². The van der Waals surface area contributed by atoms with E-state index in [1.807, 2.05) is 0 Å². The van der Waals surface area contributed by atoms with Crippen LogP contribution in [-0.4, -0.2) is 9.97 Å². The quantitative estimate of drug-likeness (QED) is 0.488. The van der Waals surface area contributed by atoms with Crippen LogP contribution in [0.3, 0.4) is 0 Å². The van der Waals surface area contributed by atoms with E-state index in [9.17, 15) is 22.8 Å². The van der Waals surface area contributed by atoms with Gasteiger partial charge >= 0.3 is 6.18 Å². The number of aromatic nitrogens is 2. The Bertz CT molecular complexity index is 1060. The Hall–Kier alpha value is -3.29. The average molecular weight is 359 g/mol. The van der Waals surface area contributed by atoms with Crippen molar-refractivity contribution >= 4 is 11.4 Å². The molecule has 0 saturated heterocycles. The maximum atomic E-state index is 13.6. The van der Waals surface area contributed by atoms with Crippen molar-refractivity contribution in [3.05, 3.63) is 91.8 Å². The minimum atomic E-state index is -4.62. The highest BCUT2D eigenvalue weighted by Gasteiger charge is 2.39. The summed E-state index contributed by atoms with van der Waals surface area (Å²) in [7, 11) is 0. The van der Waals surface area contributed by atoms with Crippen molar-refractivity contribution in [2.45, 2.75) is 12.1 Å². The molecule has 3 heterocycles. The maximum Gasteiger partial charge on any atom is 0.416 e. The lowest BCUT2D eigenvalue weighted by Gasteiger charge is -2.29. The van der Waals surface area contributed by atoms with Gasteiger partial charge in [-0.1, -0.05) is 18.2 Å². The largest absolute Gasteiger partial charge is 0.416 e. The van der Waals surface area contributed by atoms with Crippen molar-refractivity contribution in [1.29, 1.82) is 0 Å². The Labute approximate surface area is 144 Å². The molecule has 0 fully saturated rings. The fourth-order valence-corrected chi connectivity index (χ4v) is 3.38. The number of aromatic amines is 2. The van der Waals surface area contributed by atoms with Crippen LogP contribution in [0.1, 0.15) is 28.2 Å². The topological polar surface area (TPSA) is 77.8 Å². The summed E-state index contributed by atoms with van der Waals surface area (Å²) in [5, 5.41) is 2.96. The summed E-state index contributed by atoms with van der Waals surface area (Å²) in [4.78, 5) is 29.8. The third-order valence-electron chi connectivity index (χ3n) is 4.42. The van der Waals surface area contributed by atoms with Gasteiger partial charge in [0.15, 0.2) is 0 Å². The molecule has 2 aromatic heterocycles. The third-order valence-corrected chi connectivity index (χ3v) is 4.42. The minimum Gasteiger partial charge on any atom is -0.355 e. The molecule has 0 radical (unpaired) electrons. The van der Waals surface area contributed by atoms with Gasteiger partial charge in [-0.3, -0.25) is 9.59 Å². The van der Waals surface area contributed by atoms with E-state index in [0.29, 0.717) is 11.4 Å². The molecule has 1 aliphatic rings. The number of hydrogen-bond acceptors (Lipinski definition) is 3. The number of nitrogens with one attached hydrogen (secondary N) is 3. The first-order chi connectivity index (χ1) is 12.4. The molecule has 132 valence electrons. The molecular weight excluding hydrogens is 347 g/mol. The molecule has 5 nitrogen and oxygen atoms in total. The highest BCUT2D eigenvalue weighted by molar-refractivity contribution is 5.75. The number of H-pyrrole nitrogens is 2. The fraction of sp³-hybridized carbons (Fsp3) is 0.111. The average Bonchev–Trinajstić information content (AvgIpc) is 2.60. The summed E-state index contributed by atoms with van der Waals surface area (Å²) in [6.07, 6.45) is -1.82. The van der Waals surface area contributed by atoms with Crippen LogP contribution in [0.5, 0.6) is 0 Å². The van der Waals surface area contributed by atoms with Gasteiger partial charge in [0.1, 0.15) is 0 Å². The predicted octanol–water partition coefficient (Wildman–Crippen LogP) is 3.32. The van der Waals surface area contributed by atoms with Crippen LogP contribution in [0, 0.1) is 0 Å². The first-order valence-electron chi connectivity index (χ1n) is 7.74. The third kappa shape index (κ3) is 2.42. The molecule has 0 aliphatic carbocycles. The summed E-state index contributed by atoms with van der Waals surface area (Å²) < 4.78 is 40.7. The number of anilines is 2. The summed E-state index contributed by atoms with van der Waals surface area (Å²) >= 11 is 0. The molecule has 1 aliphatic heterocycles. The molecule has 0 amide bonds. The molecule has 0 atom stereocenters. The van der Waals surface area contributed by atoms with Gasteiger partial charge in [0.05, 0.1) is 16.7 Å². The van der Waals surface area contributed by atoms with E-state index in [0.717, 1.165) is 6.07 Å². The zero-order chi connectivity index (χ0) is 18.5. The summed E-state index contributed by atoms with van der Waals surface area (Å²) in [5.74, 6) is -1.14. The molecule has 0 saturated carbocycles. The monoisotopic (exact) mass is 359 g/mol. The molecule has 0 spiro atoms. The number of rotatable bonds is 1. The second-order valence-electron chi connectivity index (χ2n) is 5.91. The van der Waals surface area contributed by atoms with E-state index in [4.69, 9.17) is 0 Å². The van der Waals surface area contributed by atoms with Crippen LogP contribution in [0.15, 0.2) is 58.4 Å². The van der Waals surface area contributed by atoms with Crippen LogP contribution in [0.4, 0.5) is 24.5 Å². The molecule has 8 heteroatoms. The van der Waals surface area contributed by atoms with Crippen LogP contribution in [-0.2, 0) is 6.18 Å². The molecular formula is C18H12F3N3O2. The second kappa shape index (κ2) is 5.62. The Morgan fingerprint density at radius 2 is 1.35 bits per heavy atom. The fourth-order valence-electron chi connectivity index (χ4n) is 3.38. The van der Waals surface area contributed by atoms with E-state index in [2.05, 4.69) is 15.3 Å². The standard InChI is InChI=1S/C18H12F3N3O2/c19-18(20,21)10-4-2-1-3-9(10)13-14-11(5-7-22-16(14)25)24-12-6-8-23-17(26)15(12)13/h1-8,13,24H,(H,22,25)(H,23,26). The van der Waals surface area contributed by atoms with Gasteiger partial charge in [0.2, 0.25) is 0 Å². The van der Waals surface area contributed by atoms with E-state index < -0.39 is 28.8 Å². The van der Waals surface area contributed by atoms with E-state index in [1.165, 1.54) is 30.6 Å². The van der Waals surface area contributed by atoms with Gasteiger partial charge in [0.25, 0.3) is 11.1 Å². The normalized spacial score (nSPS) is 13.7. The lowest BCUT2D eigenvalue weighted by molar-refractivity contribution is -0.138. The maximum absolute atomic E-state index is 13.6. The summed E-state index contributed by atoms with van der Waals surface area (Å²) in [5.41, 5.74) is -1.23. The lowest BCUT2D eigenvalue weighted by atomic mass is 9.80. The van der Waals surface area contributed by atoms with Crippen molar-refractivity contribution in [3.63, 3.8) is 0 Å². The molecule has 1 aromatic carbocycles. The summed E-state index contributed by atoms with van der Waals surface area (Å²) in [6, 6.07) is 8.10. The molecule has 4 rings (SSSR count). The number of hydrogen-bond donors (Lipinski definition) is 3. The van der Waals surface area contributed by atoms with E-state index in [-0.39, 0.29) is 16.7 Å². The highest BCUT2D eigenvalue weighted by Crippen LogP contribution is 2.45. The number of halogens is 3. The van der Waals surface area contributed by atoms with Crippen molar-refractivity contribution in [3.8, 4) is 0 Å². The Morgan fingerprint density at radius 1 is 0.808 bits per heavy atom. The Kier molecular flexibility index (Phi) is 3.50. The zero-order valence-electron chi connectivity index (χ0n) is 13.1. The van der Waals surface area contributed by atoms with Gasteiger partial charge in [-0.25, -0.2) is 0 Å². The SMILES string of the molecule is O=c1[nH]ccc2c1C(c1ccccc1C(F)(F)F)c1c(cc[nH]c1=O)N2. The smallest absolute Gasteiger partial charge is 0.355 e. The van der Waals surface area contributed by atoms with E-state index in [1.54, 1.807) is 12.1 Å². The minimum absolute atomic E-state index is 0.0772. The second-order valence-corrected chi connectivity index (χ2v) is 5.91. The highest BCUT2D eigenvalue weighted by atomic mass is 19.4. The van der Waals surface area contributed by atoms with Gasteiger partial charge < -0.3 is 15.3 Å².